The second kappa shape index (κ2) is 8.70. The summed E-state index contributed by atoms with van der Waals surface area (Å²) in [7, 11) is -3.54. The Bertz CT molecular complexity index is 276. The predicted octanol–water partition coefficient (Wildman–Crippen LogP) is 5.05. The minimum atomic E-state index is -3.54. The Morgan fingerprint density at radius 1 is 1.18 bits per heavy atom. The summed E-state index contributed by atoms with van der Waals surface area (Å²) in [4.78, 5) is 1.46. The molecule has 0 radical (unpaired) electrons. The van der Waals surface area contributed by atoms with Gasteiger partial charge in [-0.25, -0.2) is 4.57 Å². The van der Waals surface area contributed by atoms with Crippen molar-refractivity contribution in [3.63, 3.8) is 0 Å². The summed E-state index contributed by atoms with van der Waals surface area (Å²) in [5.74, 6) is 0.502. The van der Waals surface area contributed by atoms with Crippen LogP contribution in [0.3, 0.4) is 0 Å². The minimum Gasteiger partial charge on any atom is -0.396 e. The molecule has 0 aromatic heterocycles. The highest BCUT2D eigenvalue weighted by Crippen LogP contribution is 2.52. The molecule has 0 amide bonds. The summed E-state index contributed by atoms with van der Waals surface area (Å²) in [6, 6.07) is 0. The molecule has 0 rings (SSSR count). The lowest BCUT2D eigenvalue weighted by molar-refractivity contribution is 0.119. The molecule has 0 aromatic rings. The van der Waals surface area contributed by atoms with Gasteiger partial charge in [-0.3, -0.25) is 9.05 Å². The summed E-state index contributed by atoms with van der Waals surface area (Å²) in [6.07, 6.45) is 0. The molecular formula is C10H19Br2O4P. The van der Waals surface area contributed by atoms with Crippen LogP contribution in [-0.4, -0.2) is 13.2 Å². The Morgan fingerprint density at radius 3 is 1.88 bits per heavy atom. The standard InChI is InChI=1S/C10H19Br2O4P/c1-8(2)6-14-17(13,15-7-9(3)4)16-10(12)5-11/h5,8-9H,6-7H2,1-4H3/b10-5+. The minimum absolute atomic E-state index is 0.251. The third-order valence-electron chi connectivity index (χ3n) is 1.42. The fourth-order valence-corrected chi connectivity index (χ4v) is 2.87. The molecule has 4 nitrogen and oxygen atoms in total. The molecule has 0 saturated heterocycles. The summed E-state index contributed by atoms with van der Waals surface area (Å²) < 4.78 is 28.1. The van der Waals surface area contributed by atoms with Gasteiger partial charge in [0.2, 0.25) is 0 Å². The number of hydrogen-bond donors (Lipinski definition) is 0. The summed E-state index contributed by atoms with van der Waals surface area (Å²) in [5, 5.41) is 0. The largest absolute Gasteiger partial charge is 0.530 e. The van der Waals surface area contributed by atoms with E-state index in [1.807, 2.05) is 27.7 Å². The molecule has 0 bridgehead atoms. The monoisotopic (exact) mass is 392 g/mol. The van der Waals surface area contributed by atoms with Crippen molar-refractivity contribution in [3.8, 4) is 0 Å². The zero-order chi connectivity index (χ0) is 13.5. The van der Waals surface area contributed by atoms with Gasteiger partial charge in [0.15, 0.2) is 4.67 Å². The van der Waals surface area contributed by atoms with E-state index in [1.54, 1.807) is 0 Å². The zero-order valence-electron chi connectivity index (χ0n) is 10.5. The van der Waals surface area contributed by atoms with E-state index >= 15 is 0 Å². The second-order valence-corrected chi connectivity index (χ2v) is 7.16. The Labute approximate surface area is 120 Å². The van der Waals surface area contributed by atoms with E-state index < -0.39 is 7.82 Å². The first-order valence-corrected chi connectivity index (χ1v) is 8.50. The Hall–Kier alpha value is 0.650. The number of hydrogen-bond acceptors (Lipinski definition) is 4. The predicted molar refractivity (Wildman–Crippen MR) is 76.2 cm³/mol. The molecule has 17 heavy (non-hydrogen) atoms. The third-order valence-corrected chi connectivity index (χ3v) is 4.44. The van der Waals surface area contributed by atoms with Gasteiger partial charge in [-0.1, -0.05) is 43.6 Å². The first-order chi connectivity index (χ1) is 7.79. The van der Waals surface area contributed by atoms with Crippen molar-refractivity contribution in [2.45, 2.75) is 27.7 Å². The lowest BCUT2D eigenvalue weighted by Gasteiger charge is -2.19. The fourth-order valence-electron chi connectivity index (χ4n) is 0.697. The van der Waals surface area contributed by atoms with Crippen molar-refractivity contribution in [3.05, 3.63) is 9.65 Å². The Balaban J connectivity index is 4.51. The molecule has 0 heterocycles. The van der Waals surface area contributed by atoms with Gasteiger partial charge in [0, 0.05) is 4.99 Å². The van der Waals surface area contributed by atoms with Crippen molar-refractivity contribution >= 4 is 39.7 Å². The van der Waals surface area contributed by atoms with E-state index in [-0.39, 0.29) is 16.5 Å². The quantitative estimate of drug-likeness (QED) is 0.427. The highest BCUT2D eigenvalue weighted by atomic mass is 79.9. The highest BCUT2D eigenvalue weighted by Gasteiger charge is 2.29. The van der Waals surface area contributed by atoms with Gasteiger partial charge in [-0.05, 0) is 27.8 Å². The second-order valence-electron chi connectivity index (χ2n) is 4.33. The maximum Gasteiger partial charge on any atom is 0.530 e. The number of rotatable bonds is 8. The number of phosphoric ester groups is 1. The van der Waals surface area contributed by atoms with Crippen molar-refractivity contribution in [1.29, 1.82) is 0 Å². The van der Waals surface area contributed by atoms with E-state index in [4.69, 9.17) is 13.6 Å². The van der Waals surface area contributed by atoms with E-state index in [2.05, 4.69) is 31.9 Å². The maximum atomic E-state index is 12.2. The van der Waals surface area contributed by atoms with Crippen LogP contribution in [0.4, 0.5) is 0 Å². The van der Waals surface area contributed by atoms with Gasteiger partial charge in [0.05, 0.1) is 13.2 Å². The Kier molecular flexibility index (Phi) is 9.03. The van der Waals surface area contributed by atoms with Crippen LogP contribution in [0, 0.1) is 11.8 Å². The molecular weight excluding hydrogens is 375 g/mol. The number of halogens is 2. The van der Waals surface area contributed by atoms with Crippen LogP contribution in [0.2, 0.25) is 0 Å². The van der Waals surface area contributed by atoms with Crippen LogP contribution in [0.15, 0.2) is 9.65 Å². The molecule has 0 fully saturated rings. The molecule has 0 N–H and O–H groups in total. The first kappa shape index (κ1) is 17.6. The first-order valence-electron chi connectivity index (χ1n) is 5.33. The Morgan fingerprint density at radius 2 is 1.59 bits per heavy atom. The lowest BCUT2D eigenvalue weighted by atomic mass is 10.2. The van der Waals surface area contributed by atoms with Gasteiger partial charge in [-0.15, -0.1) is 0 Å². The van der Waals surface area contributed by atoms with Gasteiger partial charge in [-0.2, -0.15) is 0 Å². The van der Waals surface area contributed by atoms with Gasteiger partial charge in [0.1, 0.15) is 0 Å². The van der Waals surface area contributed by atoms with Crippen LogP contribution >= 0.6 is 39.7 Å². The molecule has 0 atom stereocenters. The summed E-state index contributed by atoms with van der Waals surface area (Å²) >= 11 is 6.15. The van der Waals surface area contributed by atoms with Crippen LogP contribution in [0.25, 0.3) is 0 Å². The van der Waals surface area contributed by atoms with Crippen LogP contribution < -0.4 is 0 Å². The third kappa shape index (κ3) is 9.25. The molecule has 102 valence electrons. The molecule has 0 unspecified atom stereocenters. The molecule has 0 spiro atoms. The smallest absolute Gasteiger partial charge is 0.396 e. The number of phosphoric acid groups is 1. The van der Waals surface area contributed by atoms with Crippen LogP contribution in [-0.2, 0) is 18.1 Å². The lowest BCUT2D eigenvalue weighted by Crippen LogP contribution is -2.07. The van der Waals surface area contributed by atoms with Crippen LogP contribution in [0.1, 0.15) is 27.7 Å². The SMILES string of the molecule is CC(C)COP(=O)(OCC(C)C)O/C(Br)=C/Br. The van der Waals surface area contributed by atoms with E-state index in [0.717, 1.165) is 0 Å². The topological polar surface area (TPSA) is 44.8 Å². The van der Waals surface area contributed by atoms with E-state index in [1.165, 1.54) is 4.99 Å². The molecule has 0 aliphatic carbocycles. The fraction of sp³-hybridized carbons (Fsp3) is 0.800. The molecule has 0 saturated carbocycles. The highest BCUT2D eigenvalue weighted by molar-refractivity contribution is 9.13. The zero-order valence-corrected chi connectivity index (χ0v) is 14.5. The summed E-state index contributed by atoms with van der Waals surface area (Å²) in [6.45, 7) is 8.48. The normalized spacial score (nSPS) is 13.5. The van der Waals surface area contributed by atoms with Crippen molar-refractivity contribution < 1.29 is 18.1 Å². The van der Waals surface area contributed by atoms with Crippen LogP contribution in [0.5, 0.6) is 0 Å². The van der Waals surface area contributed by atoms with Crippen molar-refractivity contribution in [1.82, 2.24) is 0 Å². The van der Waals surface area contributed by atoms with E-state index in [0.29, 0.717) is 13.2 Å². The van der Waals surface area contributed by atoms with Gasteiger partial charge < -0.3 is 4.52 Å². The van der Waals surface area contributed by atoms with Gasteiger partial charge in [0.25, 0.3) is 0 Å². The molecule has 0 aromatic carbocycles. The molecule has 7 heteroatoms. The van der Waals surface area contributed by atoms with Crippen molar-refractivity contribution in [2.75, 3.05) is 13.2 Å². The average Bonchev–Trinajstić information content (AvgIpc) is 2.24. The van der Waals surface area contributed by atoms with E-state index in [9.17, 15) is 4.57 Å². The summed E-state index contributed by atoms with van der Waals surface area (Å²) in [5.41, 5.74) is 0. The van der Waals surface area contributed by atoms with Gasteiger partial charge >= 0.3 is 7.82 Å². The molecule has 0 aliphatic heterocycles. The maximum absolute atomic E-state index is 12.2. The van der Waals surface area contributed by atoms with Crippen molar-refractivity contribution in [2.24, 2.45) is 11.8 Å². The molecule has 0 aliphatic rings. The average molecular weight is 394 g/mol.